The molecule has 0 bridgehead atoms. The third-order valence-electron chi connectivity index (χ3n) is 15.2. The Balaban J connectivity index is 0.869. The molecule has 2 spiro atoms. The number of rotatable bonds is 5. The molecule has 0 aliphatic heterocycles. The highest BCUT2D eigenvalue weighted by Crippen LogP contribution is 2.63. The van der Waals surface area contributed by atoms with Crippen molar-refractivity contribution in [1.82, 2.24) is 9.97 Å². The third-order valence-corrected chi connectivity index (χ3v) is 15.2. The fourth-order valence-electron chi connectivity index (χ4n) is 12.2. The Kier molecular flexibility index (Phi) is 8.51. The van der Waals surface area contributed by atoms with Gasteiger partial charge in [0, 0.05) is 27.5 Å². The normalized spacial score (nSPS) is 19.1. The summed E-state index contributed by atoms with van der Waals surface area (Å²) in [6.45, 7) is 0. The van der Waals surface area contributed by atoms with Crippen LogP contribution in [-0.2, 0) is 10.8 Å². The second-order valence-corrected chi connectivity index (χ2v) is 18.3. The summed E-state index contributed by atoms with van der Waals surface area (Å²) in [4.78, 5) is 10.0. The molecule has 1 unspecified atom stereocenters. The van der Waals surface area contributed by atoms with E-state index < -0.39 is 0 Å². The first kappa shape index (κ1) is 35.8. The van der Waals surface area contributed by atoms with E-state index >= 15 is 0 Å². The Morgan fingerprint density at radius 2 is 0.950 bits per heavy atom. The summed E-state index contributed by atoms with van der Waals surface area (Å²) < 4.78 is 0. The van der Waals surface area contributed by atoms with Crippen LogP contribution in [0, 0.1) is 5.92 Å². The van der Waals surface area contributed by atoms with E-state index in [0.29, 0.717) is 11.3 Å². The average molecular weight is 775 g/mol. The molecule has 2 saturated carbocycles. The van der Waals surface area contributed by atoms with Crippen LogP contribution in [0.4, 0.5) is 0 Å². The van der Waals surface area contributed by atoms with E-state index in [0.717, 1.165) is 33.9 Å². The molecule has 1 atom stereocenters. The Hall–Kier alpha value is -6.12. The van der Waals surface area contributed by atoms with Crippen molar-refractivity contribution in [3.63, 3.8) is 0 Å². The van der Waals surface area contributed by atoms with E-state index in [1.165, 1.54) is 98.4 Å². The Bertz CT molecular complexity index is 2760. The van der Waals surface area contributed by atoms with Crippen LogP contribution >= 0.6 is 0 Å². The van der Waals surface area contributed by atoms with Gasteiger partial charge < -0.3 is 0 Å². The number of allylic oxidation sites excluding steroid dienone is 4. The number of nitrogens with zero attached hydrogens (tertiary/aromatic N) is 2. The van der Waals surface area contributed by atoms with Crippen molar-refractivity contribution in [2.24, 2.45) is 5.92 Å². The van der Waals surface area contributed by atoms with Gasteiger partial charge in [-0.25, -0.2) is 9.97 Å². The van der Waals surface area contributed by atoms with Gasteiger partial charge in [0.25, 0.3) is 0 Å². The highest BCUT2D eigenvalue weighted by Gasteiger charge is 2.52. The molecule has 6 aromatic carbocycles. The lowest BCUT2D eigenvalue weighted by atomic mass is 9.63. The standard InChI is InChI=1S/C58H50N2/c1-5-15-42(16-6-1)54-38-55(60-56(59-54)44-17-7-2-8-18-44)43-27-25-40(26-28-43)39-21-23-41(24-22-39)45-29-30-47-49-37-52-48(36-53(49)58(51(47)35-45)33-13-4-14-34-58)46-19-9-10-20-50(46)57(52)31-11-3-12-32-57/h1-2,5-10,15-19,21-30,35-38,50H,3-4,11-14,20,31-34H2. The monoisotopic (exact) mass is 774 g/mol. The molecule has 292 valence electrons. The minimum absolute atomic E-state index is 0.117. The molecule has 2 nitrogen and oxygen atoms in total. The van der Waals surface area contributed by atoms with E-state index in [9.17, 15) is 0 Å². The number of hydrogen-bond donors (Lipinski definition) is 0. The van der Waals surface area contributed by atoms with Gasteiger partial charge in [-0.2, -0.15) is 0 Å². The Labute approximate surface area is 354 Å². The summed E-state index contributed by atoms with van der Waals surface area (Å²) in [5.74, 6) is 1.39. The topological polar surface area (TPSA) is 25.8 Å². The summed E-state index contributed by atoms with van der Waals surface area (Å²) in [6.07, 6.45) is 21.8. The SMILES string of the molecule is C1=CCC2C(=C1)c1cc3c(cc1C21CCCCC1)-c1ccc(-c2ccc(-c4ccc(-c5cc(-c6ccccc6)nc(-c6ccccc6)n5)cc4)cc2)cc1C31CCCCC1. The van der Waals surface area contributed by atoms with Crippen LogP contribution in [-0.4, -0.2) is 9.97 Å². The van der Waals surface area contributed by atoms with Crippen LogP contribution < -0.4 is 0 Å². The fraction of sp³-hybridized carbons (Fsp3) is 0.241. The molecule has 1 heterocycles. The van der Waals surface area contributed by atoms with E-state index in [-0.39, 0.29) is 5.41 Å². The molecule has 0 saturated heterocycles. The van der Waals surface area contributed by atoms with Crippen LogP contribution in [0.1, 0.15) is 92.9 Å². The molecule has 2 fully saturated rings. The first-order valence-electron chi connectivity index (χ1n) is 22.6. The summed E-state index contributed by atoms with van der Waals surface area (Å²) in [5.41, 5.74) is 21.7. The van der Waals surface area contributed by atoms with Crippen molar-refractivity contribution in [1.29, 1.82) is 0 Å². The highest BCUT2D eigenvalue weighted by atomic mass is 14.9. The van der Waals surface area contributed by atoms with E-state index in [1.807, 2.05) is 24.3 Å². The molecule has 60 heavy (non-hydrogen) atoms. The van der Waals surface area contributed by atoms with E-state index in [2.05, 4.69) is 140 Å². The zero-order valence-corrected chi connectivity index (χ0v) is 34.3. The number of fused-ring (bicyclic) bond motifs is 10. The van der Waals surface area contributed by atoms with Crippen LogP contribution in [0.2, 0.25) is 0 Å². The Morgan fingerprint density at radius 1 is 0.417 bits per heavy atom. The van der Waals surface area contributed by atoms with E-state index in [4.69, 9.17) is 9.97 Å². The predicted molar refractivity (Wildman–Crippen MR) is 248 cm³/mol. The van der Waals surface area contributed by atoms with Crippen molar-refractivity contribution >= 4 is 5.57 Å². The lowest BCUT2D eigenvalue weighted by Gasteiger charge is -2.40. The molecule has 0 N–H and O–H groups in total. The number of hydrogen-bond acceptors (Lipinski definition) is 2. The molecule has 0 amide bonds. The summed E-state index contributed by atoms with van der Waals surface area (Å²) >= 11 is 0. The van der Waals surface area contributed by atoms with Gasteiger partial charge in [0.1, 0.15) is 0 Å². The molecule has 2 heteroatoms. The molecule has 0 radical (unpaired) electrons. The zero-order valence-electron chi connectivity index (χ0n) is 34.3. The van der Waals surface area contributed by atoms with Crippen LogP contribution in [0.15, 0.2) is 164 Å². The molecule has 5 aliphatic carbocycles. The van der Waals surface area contributed by atoms with Gasteiger partial charge in [-0.15, -0.1) is 0 Å². The number of benzene rings is 6. The van der Waals surface area contributed by atoms with Crippen molar-refractivity contribution in [3.05, 3.63) is 186 Å². The summed E-state index contributed by atoms with van der Waals surface area (Å²) in [6, 6.07) is 53.8. The largest absolute Gasteiger partial charge is 0.228 e. The van der Waals surface area contributed by atoms with Gasteiger partial charge in [0.2, 0.25) is 0 Å². The Morgan fingerprint density at radius 3 is 1.62 bits per heavy atom. The molecule has 5 aliphatic rings. The smallest absolute Gasteiger partial charge is 0.160 e. The molecule has 7 aromatic rings. The molecular weight excluding hydrogens is 725 g/mol. The summed E-state index contributed by atoms with van der Waals surface area (Å²) in [7, 11) is 0. The van der Waals surface area contributed by atoms with Gasteiger partial charge in [0.15, 0.2) is 5.82 Å². The highest BCUT2D eigenvalue weighted by molar-refractivity contribution is 5.90. The lowest BCUT2D eigenvalue weighted by molar-refractivity contribution is 0.241. The van der Waals surface area contributed by atoms with Crippen LogP contribution in [0.3, 0.4) is 0 Å². The van der Waals surface area contributed by atoms with E-state index in [1.54, 1.807) is 33.4 Å². The predicted octanol–water partition coefficient (Wildman–Crippen LogP) is 15.2. The first-order chi connectivity index (χ1) is 29.7. The molecule has 1 aromatic heterocycles. The molecular formula is C58H50N2. The number of aromatic nitrogens is 2. The quantitative estimate of drug-likeness (QED) is 0.174. The van der Waals surface area contributed by atoms with Crippen molar-refractivity contribution in [2.45, 2.75) is 81.5 Å². The first-order valence-corrected chi connectivity index (χ1v) is 22.6. The maximum absolute atomic E-state index is 5.05. The zero-order chi connectivity index (χ0) is 39.7. The van der Waals surface area contributed by atoms with Gasteiger partial charge in [-0.05, 0) is 123 Å². The summed E-state index contributed by atoms with van der Waals surface area (Å²) in [5, 5.41) is 0. The van der Waals surface area contributed by atoms with Crippen LogP contribution in [0.25, 0.3) is 72.9 Å². The minimum Gasteiger partial charge on any atom is -0.228 e. The second kappa shape index (κ2) is 14.3. The van der Waals surface area contributed by atoms with Crippen molar-refractivity contribution in [2.75, 3.05) is 0 Å². The van der Waals surface area contributed by atoms with Crippen molar-refractivity contribution < 1.29 is 0 Å². The van der Waals surface area contributed by atoms with Crippen LogP contribution in [0.5, 0.6) is 0 Å². The third kappa shape index (κ3) is 5.67. The lowest BCUT2D eigenvalue weighted by Crippen LogP contribution is -2.34. The van der Waals surface area contributed by atoms with Gasteiger partial charge in [0.05, 0.1) is 11.4 Å². The second-order valence-electron chi connectivity index (χ2n) is 18.3. The fourth-order valence-corrected chi connectivity index (χ4v) is 12.2. The molecule has 12 rings (SSSR count). The maximum atomic E-state index is 5.05. The maximum Gasteiger partial charge on any atom is 0.160 e. The van der Waals surface area contributed by atoms with Gasteiger partial charge in [-0.3, -0.25) is 0 Å². The minimum atomic E-state index is 0.117. The van der Waals surface area contributed by atoms with Gasteiger partial charge in [-0.1, -0.05) is 178 Å². The van der Waals surface area contributed by atoms with Gasteiger partial charge >= 0.3 is 0 Å². The average Bonchev–Trinajstić information content (AvgIpc) is 3.73. The van der Waals surface area contributed by atoms with Crippen molar-refractivity contribution in [3.8, 4) is 67.3 Å².